The van der Waals surface area contributed by atoms with Crippen molar-refractivity contribution in [2.75, 3.05) is 20.3 Å². The summed E-state index contributed by atoms with van der Waals surface area (Å²) in [6.45, 7) is 10.6. The van der Waals surface area contributed by atoms with Gasteiger partial charge in [0, 0.05) is 0 Å². The van der Waals surface area contributed by atoms with Gasteiger partial charge in [0.15, 0.2) is 0 Å². The van der Waals surface area contributed by atoms with Crippen molar-refractivity contribution in [2.45, 2.75) is 59.3 Å². The Bertz CT molecular complexity index is 461. The Hall–Kier alpha value is -1.11. The van der Waals surface area contributed by atoms with Gasteiger partial charge in [-0.25, -0.2) is 9.88 Å². The van der Waals surface area contributed by atoms with E-state index < -0.39 is 31.0 Å². The van der Waals surface area contributed by atoms with Crippen LogP contribution in [0.5, 0.6) is 0 Å². The summed E-state index contributed by atoms with van der Waals surface area (Å²) in [4.78, 5) is 23.4. The molecule has 0 aliphatic carbocycles. The molecular weight excluding hydrogens is 335 g/mol. The summed E-state index contributed by atoms with van der Waals surface area (Å²) in [6, 6.07) is 0. The molecule has 0 aliphatic rings. The summed E-state index contributed by atoms with van der Waals surface area (Å²) in [7, 11) is -2.30. The van der Waals surface area contributed by atoms with E-state index in [1.54, 1.807) is 27.7 Å². The first kappa shape index (κ1) is 22.9. The maximum atomic E-state index is 13.2. The highest BCUT2D eigenvalue weighted by Crippen LogP contribution is 2.48. The fraction of sp³-hybridized carbons (Fsp3) is 0.867. The van der Waals surface area contributed by atoms with Crippen molar-refractivity contribution in [1.82, 2.24) is 10.4 Å². The molecule has 0 saturated carbocycles. The number of nitrogens with one attached hydrogen (secondary N) is 2. The van der Waals surface area contributed by atoms with Gasteiger partial charge in [-0.15, -0.1) is 0 Å². The number of alkyl carbamates (subject to hydrolysis) is 1. The molecule has 1 amide bonds. The Morgan fingerprint density at radius 3 is 2.21 bits per heavy atom. The molecule has 24 heavy (non-hydrogen) atoms. The van der Waals surface area contributed by atoms with Gasteiger partial charge in [-0.05, 0) is 40.0 Å². The molecule has 2 atom stereocenters. The van der Waals surface area contributed by atoms with Crippen LogP contribution in [0, 0.1) is 5.92 Å². The lowest BCUT2D eigenvalue weighted by atomic mass is 10.1. The van der Waals surface area contributed by atoms with Crippen LogP contribution in [0.2, 0.25) is 0 Å². The van der Waals surface area contributed by atoms with Crippen LogP contribution in [0.1, 0.15) is 48.0 Å². The maximum absolute atomic E-state index is 13.2. The molecule has 0 rings (SSSR count). The minimum absolute atomic E-state index is 0.138. The van der Waals surface area contributed by atoms with E-state index >= 15 is 0 Å². The van der Waals surface area contributed by atoms with Gasteiger partial charge in [0.25, 0.3) is 7.52 Å². The molecule has 9 heteroatoms. The zero-order valence-corrected chi connectivity index (χ0v) is 16.6. The maximum Gasteiger partial charge on any atom is 0.408 e. The number of methoxy groups -OCH3 is 1. The largest absolute Gasteiger partial charge is 0.468 e. The van der Waals surface area contributed by atoms with Gasteiger partial charge in [0.05, 0.1) is 13.7 Å². The first-order chi connectivity index (χ1) is 10.9. The van der Waals surface area contributed by atoms with Crippen molar-refractivity contribution in [1.29, 1.82) is 0 Å². The predicted octanol–water partition coefficient (Wildman–Crippen LogP) is 2.88. The van der Waals surface area contributed by atoms with Gasteiger partial charge in [-0.1, -0.05) is 13.8 Å². The Labute approximate surface area is 144 Å². The van der Waals surface area contributed by atoms with Crippen LogP contribution >= 0.6 is 7.52 Å². The van der Waals surface area contributed by atoms with Gasteiger partial charge in [0.2, 0.25) is 0 Å². The average molecular weight is 366 g/mol. The summed E-state index contributed by atoms with van der Waals surface area (Å²) < 4.78 is 28.3. The summed E-state index contributed by atoms with van der Waals surface area (Å²) in [5.74, 6) is -1.26. The Morgan fingerprint density at radius 2 is 1.79 bits per heavy atom. The standard InChI is InChI=1S/C15H31N2O6P/c1-8-22-24(20,16-10-13(18)21-7)12(9-11(2)3)17-14(19)23-15(4,5)6/h11-12H,8-10H2,1-7H3,(H,16,20)(H,17,19). The summed E-state index contributed by atoms with van der Waals surface area (Å²) in [5, 5.41) is 5.22. The fourth-order valence-electron chi connectivity index (χ4n) is 1.86. The van der Waals surface area contributed by atoms with Crippen molar-refractivity contribution >= 4 is 19.6 Å². The number of esters is 1. The van der Waals surface area contributed by atoms with Crippen LogP contribution in [0.15, 0.2) is 0 Å². The SMILES string of the molecule is CCOP(=O)(NCC(=O)OC)C(CC(C)C)NC(=O)OC(C)(C)C. The van der Waals surface area contributed by atoms with Crippen LogP contribution < -0.4 is 10.4 Å². The molecule has 0 heterocycles. The third-order valence-corrected chi connectivity index (χ3v) is 5.18. The van der Waals surface area contributed by atoms with Crippen LogP contribution in [0.25, 0.3) is 0 Å². The summed E-state index contributed by atoms with van der Waals surface area (Å²) in [6.07, 6.45) is -0.294. The highest BCUT2D eigenvalue weighted by molar-refractivity contribution is 7.57. The molecule has 142 valence electrons. The molecule has 0 spiro atoms. The second-order valence-corrected chi connectivity index (χ2v) is 9.11. The van der Waals surface area contributed by atoms with E-state index in [1.165, 1.54) is 7.11 Å². The molecule has 0 saturated heterocycles. The van der Waals surface area contributed by atoms with Crippen molar-refractivity contribution in [2.24, 2.45) is 5.92 Å². The monoisotopic (exact) mass is 366 g/mol. The Balaban J connectivity index is 5.26. The van der Waals surface area contributed by atoms with Crippen molar-refractivity contribution < 1.29 is 28.2 Å². The van der Waals surface area contributed by atoms with Crippen molar-refractivity contribution in [3.05, 3.63) is 0 Å². The van der Waals surface area contributed by atoms with E-state index in [0.717, 1.165) is 0 Å². The molecule has 0 aliphatic heterocycles. The molecule has 2 unspecified atom stereocenters. The molecule has 0 aromatic rings. The quantitative estimate of drug-likeness (QED) is 0.478. The smallest absolute Gasteiger partial charge is 0.408 e. The summed E-state index contributed by atoms with van der Waals surface area (Å²) >= 11 is 0. The first-order valence-corrected chi connectivity index (χ1v) is 9.68. The van der Waals surface area contributed by atoms with Crippen LogP contribution in [0.3, 0.4) is 0 Å². The number of ether oxygens (including phenoxy) is 2. The lowest BCUT2D eigenvalue weighted by Crippen LogP contribution is -2.43. The second-order valence-electron chi connectivity index (χ2n) is 6.72. The summed E-state index contributed by atoms with van der Waals surface area (Å²) in [5.41, 5.74) is -0.679. The third kappa shape index (κ3) is 9.25. The van der Waals surface area contributed by atoms with Gasteiger partial charge in [0.1, 0.15) is 17.9 Å². The minimum atomic E-state index is -3.53. The van der Waals surface area contributed by atoms with Gasteiger partial charge < -0.3 is 19.3 Å². The van der Waals surface area contributed by atoms with E-state index in [1.807, 2.05) is 13.8 Å². The normalized spacial score (nSPS) is 15.5. The van der Waals surface area contributed by atoms with Gasteiger partial charge >= 0.3 is 12.1 Å². The molecule has 8 nitrogen and oxygen atoms in total. The lowest BCUT2D eigenvalue weighted by molar-refractivity contribution is -0.139. The highest BCUT2D eigenvalue weighted by atomic mass is 31.2. The topological polar surface area (TPSA) is 103 Å². The van der Waals surface area contributed by atoms with Crippen molar-refractivity contribution in [3.8, 4) is 0 Å². The first-order valence-electron chi connectivity index (χ1n) is 7.99. The van der Waals surface area contributed by atoms with Crippen LogP contribution in [0.4, 0.5) is 4.79 Å². The van der Waals surface area contributed by atoms with Gasteiger partial charge in [-0.3, -0.25) is 9.36 Å². The molecule has 0 radical (unpaired) electrons. The number of hydrogen-bond donors (Lipinski definition) is 2. The number of amides is 1. The molecule has 2 N–H and O–H groups in total. The number of carbonyl (C=O) groups excluding carboxylic acids is 2. The predicted molar refractivity (Wildman–Crippen MR) is 91.9 cm³/mol. The zero-order chi connectivity index (χ0) is 19.0. The Kier molecular flexibility index (Phi) is 9.55. The second kappa shape index (κ2) is 10.0. The number of hydrogen-bond acceptors (Lipinski definition) is 6. The molecule has 0 aromatic heterocycles. The van der Waals surface area contributed by atoms with Gasteiger partial charge in [-0.2, -0.15) is 0 Å². The Morgan fingerprint density at radius 1 is 1.21 bits per heavy atom. The minimum Gasteiger partial charge on any atom is -0.468 e. The van der Waals surface area contributed by atoms with E-state index in [4.69, 9.17) is 9.26 Å². The van der Waals surface area contributed by atoms with Crippen molar-refractivity contribution in [3.63, 3.8) is 0 Å². The lowest BCUT2D eigenvalue weighted by Gasteiger charge is -2.30. The highest BCUT2D eigenvalue weighted by Gasteiger charge is 2.37. The van der Waals surface area contributed by atoms with Crippen LogP contribution in [-0.4, -0.2) is 43.7 Å². The van der Waals surface area contributed by atoms with E-state index in [9.17, 15) is 14.2 Å². The van der Waals surface area contributed by atoms with E-state index in [2.05, 4.69) is 15.1 Å². The molecule has 0 aromatic carbocycles. The number of rotatable bonds is 9. The fourth-order valence-corrected chi connectivity index (χ4v) is 4.06. The third-order valence-electron chi connectivity index (χ3n) is 2.78. The molecular formula is C15H31N2O6P. The van der Waals surface area contributed by atoms with Crippen LogP contribution in [-0.2, 0) is 23.4 Å². The molecule has 0 fully saturated rings. The van der Waals surface area contributed by atoms with E-state index in [-0.39, 0.29) is 19.1 Å². The molecule has 0 bridgehead atoms. The van der Waals surface area contributed by atoms with E-state index in [0.29, 0.717) is 6.42 Å². The zero-order valence-electron chi connectivity index (χ0n) is 15.7. The average Bonchev–Trinajstić information content (AvgIpc) is 2.41. The number of carbonyl (C=O) groups is 2.